The van der Waals surface area contributed by atoms with E-state index in [0.717, 1.165) is 5.92 Å². The highest BCUT2D eigenvalue weighted by molar-refractivity contribution is 5.29. The van der Waals surface area contributed by atoms with Gasteiger partial charge in [0, 0.05) is 18.8 Å². The Labute approximate surface area is 119 Å². The third-order valence-corrected chi connectivity index (χ3v) is 6.64. The summed E-state index contributed by atoms with van der Waals surface area (Å²) in [6.45, 7) is 7.81. The molecule has 0 N–H and O–H groups in total. The first-order chi connectivity index (χ1) is 9.09. The fourth-order valence-corrected chi connectivity index (χ4v) is 5.37. The minimum absolute atomic E-state index is 0.506. The van der Waals surface area contributed by atoms with Gasteiger partial charge in [-0.1, -0.05) is 25.3 Å². The van der Waals surface area contributed by atoms with Crippen LogP contribution in [0.4, 0.5) is 0 Å². The molecule has 19 heavy (non-hydrogen) atoms. The number of quaternary nitrogens is 1. The average Bonchev–Trinajstić information content (AvgIpc) is 2.69. The highest BCUT2D eigenvalue weighted by atomic mass is 15.4. The summed E-state index contributed by atoms with van der Waals surface area (Å²) >= 11 is 0. The van der Waals surface area contributed by atoms with Gasteiger partial charge in [0.2, 0.25) is 0 Å². The number of hydrogen-bond acceptors (Lipinski definition) is 0. The zero-order chi connectivity index (χ0) is 13.5. The van der Waals surface area contributed by atoms with E-state index >= 15 is 0 Å². The molecule has 2 aliphatic heterocycles. The highest BCUT2D eigenvalue weighted by Crippen LogP contribution is 2.52. The van der Waals surface area contributed by atoms with Crippen LogP contribution in [0.5, 0.6) is 0 Å². The summed E-state index contributed by atoms with van der Waals surface area (Å²) in [4.78, 5) is 0. The predicted molar refractivity (Wildman–Crippen MR) is 82.1 cm³/mol. The van der Waals surface area contributed by atoms with Crippen molar-refractivity contribution >= 4 is 0 Å². The van der Waals surface area contributed by atoms with Crippen LogP contribution in [0.2, 0.25) is 0 Å². The number of fused-ring (bicyclic) bond motifs is 2. The molecule has 108 valence electrons. The van der Waals surface area contributed by atoms with E-state index in [0.29, 0.717) is 5.54 Å². The van der Waals surface area contributed by atoms with Crippen molar-refractivity contribution in [3.8, 4) is 0 Å². The molecule has 0 bridgehead atoms. The summed E-state index contributed by atoms with van der Waals surface area (Å²) in [6.07, 6.45) is 12.9. The molecule has 0 saturated carbocycles. The molecular formula is C18H32N+. The molecule has 0 aromatic rings. The van der Waals surface area contributed by atoms with Crippen LogP contribution in [0.25, 0.3) is 0 Å². The van der Waals surface area contributed by atoms with Crippen LogP contribution in [0.1, 0.15) is 71.6 Å². The van der Waals surface area contributed by atoms with Crippen molar-refractivity contribution in [3.63, 3.8) is 0 Å². The normalized spacial score (nSPS) is 42.2. The third kappa shape index (κ3) is 2.09. The van der Waals surface area contributed by atoms with E-state index in [-0.39, 0.29) is 0 Å². The lowest BCUT2D eigenvalue weighted by Gasteiger charge is -2.51. The van der Waals surface area contributed by atoms with E-state index in [4.69, 9.17) is 0 Å². The summed E-state index contributed by atoms with van der Waals surface area (Å²) in [6, 6.07) is 0. The van der Waals surface area contributed by atoms with Crippen molar-refractivity contribution in [2.24, 2.45) is 5.92 Å². The maximum Gasteiger partial charge on any atom is 0.118 e. The quantitative estimate of drug-likeness (QED) is 0.512. The molecule has 0 amide bonds. The van der Waals surface area contributed by atoms with Gasteiger partial charge in [0.05, 0.1) is 20.1 Å². The molecule has 1 heteroatoms. The topological polar surface area (TPSA) is 0 Å². The van der Waals surface area contributed by atoms with Gasteiger partial charge < -0.3 is 4.48 Å². The van der Waals surface area contributed by atoms with Crippen LogP contribution in [-0.4, -0.2) is 30.2 Å². The molecule has 1 nitrogen and oxygen atoms in total. The first-order valence-electron chi connectivity index (χ1n) is 8.65. The Balaban J connectivity index is 1.86. The van der Waals surface area contributed by atoms with Crippen molar-refractivity contribution in [1.82, 2.24) is 0 Å². The molecule has 3 atom stereocenters. The van der Waals surface area contributed by atoms with E-state index in [1.54, 1.807) is 0 Å². The molecule has 0 spiro atoms. The van der Waals surface area contributed by atoms with Gasteiger partial charge in [-0.05, 0) is 44.6 Å². The lowest BCUT2D eigenvalue weighted by Crippen LogP contribution is -2.60. The molecule has 2 heterocycles. The Bertz CT molecular complexity index is 383. The fourth-order valence-electron chi connectivity index (χ4n) is 5.37. The number of likely N-dealkylation sites (N-methyl/N-ethyl adjacent to an activating group) is 1. The smallest absolute Gasteiger partial charge is 0.118 e. The molecule has 1 fully saturated rings. The van der Waals surface area contributed by atoms with E-state index in [1.807, 2.05) is 11.1 Å². The van der Waals surface area contributed by atoms with Crippen LogP contribution in [0, 0.1) is 5.92 Å². The van der Waals surface area contributed by atoms with Gasteiger partial charge in [-0.2, -0.15) is 0 Å². The van der Waals surface area contributed by atoms with Gasteiger partial charge in [-0.3, -0.25) is 0 Å². The van der Waals surface area contributed by atoms with Gasteiger partial charge in [-0.15, -0.1) is 0 Å². The third-order valence-electron chi connectivity index (χ3n) is 6.64. The molecule has 0 aromatic heterocycles. The van der Waals surface area contributed by atoms with Crippen LogP contribution in [0.3, 0.4) is 0 Å². The molecule has 3 aliphatic rings. The van der Waals surface area contributed by atoms with Gasteiger partial charge in [0.25, 0.3) is 0 Å². The second-order valence-electron chi connectivity index (χ2n) is 7.83. The number of unbranched alkanes of at least 4 members (excludes halogenated alkanes) is 1. The highest BCUT2D eigenvalue weighted by Gasteiger charge is 2.56. The predicted octanol–water partition coefficient (Wildman–Crippen LogP) is 4.68. The largest absolute Gasteiger partial charge is 0.317 e. The Hall–Kier alpha value is -0.300. The summed E-state index contributed by atoms with van der Waals surface area (Å²) in [7, 11) is 2.56. The lowest BCUT2D eigenvalue weighted by atomic mass is 9.73. The maximum absolute atomic E-state index is 2.61. The van der Waals surface area contributed by atoms with Gasteiger partial charge in [-0.25, -0.2) is 0 Å². The first-order valence-corrected chi connectivity index (χ1v) is 8.65. The summed E-state index contributed by atoms with van der Waals surface area (Å²) < 4.78 is 1.36. The molecule has 1 aliphatic carbocycles. The van der Waals surface area contributed by atoms with Gasteiger partial charge in [0.1, 0.15) is 5.54 Å². The van der Waals surface area contributed by atoms with Crippen molar-refractivity contribution in [3.05, 3.63) is 11.1 Å². The zero-order valence-corrected chi connectivity index (χ0v) is 13.3. The summed E-state index contributed by atoms with van der Waals surface area (Å²) in [5.41, 5.74) is 4.29. The minimum atomic E-state index is 0.506. The lowest BCUT2D eigenvalue weighted by molar-refractivity contribution is -0.942. The van der Waals surface area contributed by atoms with Crippen molar-refractivity contribution < 1.29 is 4.48 Å². The monoisotopic (exact) mass is 262 g/mol. The minimum Gasteiger partial charge on any atom is -0.317 e. The zero-order valence-electron chi connectivity index (χ0n) is 13.3. The molecule has 1 saturated heterocycles. The Morgan fingerprint density at radius 3 is 2.79 bits per heavy atom. The summed E-state index contributed by atoms with van der Waals surface area (Å²) in [5.74, 6) is 0.990. The van der Waals surface area contributed by atoms with E-state index in [1.165, 1.54) is 75.4 Å². The Morgan fingerprint density at radius 1 is 1.21 bits per heavy atom. The van der Waals surface area contributed by atoms with Crippen LogP contribution < -0.4 is 0 Å². The van der Waals surface area contributed by atoms with Crippen LogP contribution in [0.15, 0.2) is 11.1 Å². The second kappa shape index (κ2) is 4.91. The average molecular weight is 262 g/mol. The Kier molecular flexibility index (Phi) is 3.53. The molecular weight excluding hydrogens is 230 g/mol. The van der Waals surface area contributed by atoms with Crippen molar-refractivity contribution in [2.45, 2.75) is 77.2 Å². The second-order valence-corrected chi connectivity index (χ2v) is 7.83. The molecule has 3 rings (SSSR count). The number of nitrogens with zero attached hydrogens (tertiary/aromatic N) is 1. The number of rotatable bonds is 3. The Morgan fingerprint density at radius 2 is 2.00 bits per heavy atom. The van der Waals surface area contributed by atoms with E-state index < -0.39 is 0 Å². The van der Waals surface area contributed by atoms with Crippen LogP contribution >= 0.6 is 0 Å². The van der Waals surface area contributed by atoms with E-state index in [2.05, 4.69) is 20.9 Å². The van der Waals surface area contributed by atoms with Crippen LogP contribution in [-0.2, 0) is 0 Å². The van der Waals surface area contributed by atoms with Gasteiger partial charge in [0.15, 0.2) is 0 Å². The van der Waals surface area contributed by atoms with E-state index in [9.17, 15) is 0 Å². The fraction of sp³-hybridized carbons (Fsp3) is 0.889. The maximum atomic E-state index is 2.61. The number of hydrogen-bond donors (Lipinski definition) is 0. The van der Waals surface area contributed by atoms with Crippen molar-refractivity contribution in [2.75, 3.05) is 20.1 Å². The first kappa shape index (κ1) is 13.7. The molecule has 0 unspecified atom stereocenters. The van der Waals surface area contributed by atoms with Crippen molar-refractivity contribution in [1.29, 1.82) is 0 Å². The summed E-state index contributed by atoms with van der Waals surface area (Å²) in [5, 5.41) is 0. The van der Waals surface area contributed by atoms with Gasteiger partial charge >= 0.3 is 0 Å². The standard InChI is InChI=1S/C18H32N/c1-4-5-8-15-13-18(2)17-10-7-6-9-16(17)11-12-19(18,3)14-15/h15H,4-14H2,1-3H3/q+1/t15-,18-,19-/m1/s1. The molecule has 0 aromatic carbocycles. The molecule has 0 radical (unpaired) electrons. The SMILES string of the molecule is CCCC[C@@H]1C[C@]2(C)C3=C(CCCC3)CC[N@+]2(C)C1.